The van der Waals surface area contributed by atoms with E-state index in [9.17, 15) is 30.3 Å². The van der Waals surface area contributed by atoms with Crippen molar-refractivity contribution in [1.82, 2.24) is 5.32 Å². The van der Waals surface area contributed by atoms with Gasteiger partial charge < -0.3 is 40.3 Å². The van der Waals surface area contributed by atoms with Crippen molar-refractivity contribution in [3.63, 3.8) is 0 Å². The molecule has 0 radical (unpaired) electrons. The fourth-order valence-corrected chi connectivity index (χ4v) is 8.32. The molecule has 1 fully saturated rings. The monoisotopic (exact) mass is 904 g/mol. The first-order valence-electron chi connectivity index (χ1n) is 26.9. The predicted octanol–water partition coefficient (Wildman–Crippen LogP) is 12.6. The minimum absolute atomic E-state index is 0.187. The van der Waals surface area contributed by atoms with Crippen LogP contribution < -0.4 is 5.32 Å². The molecule has 9 nitrogen and oxygen atoms in total. The van der Waals surface area contributed by atoms with Crippen LogP contribution >= 0.6 is 0 Å². The highest BCUT2D eigenvalue weighted by Crippen LogP contribution is 2.23. The number of ether oxygens (including phenoxy) is 2. The van der Waals surface area contributed by atoms with Gasteiger partial charge in [0.05, 0.1) is 25.4 Å². The Hall–Kier alpha value is -1.85. The molecule has 374 valence electrons. The van der Waals surface area contributed by atoms with Crippen LogP contribution in [0.1, 0.15) is 239 Å². The van der Waals surface area contributed by atoms with Gasteiger partial charge in [-0.15, -0.1) is 0 Å². The van der Waals surface area contributed by atoms with Crippen molar-refractivity contribution in [3.8, 4) is 0 Å². The Bertz CT molecular complexity index is 1140. The normalized spacial score (nSPS) is 20.4. The second kappa shape index (κ2) is 45.0. The number of amides is 1. The molecule has 1 rings (SSSR count). The predicted molar refractivity (Wildman–Crippen MR) is 267 cm³/mol. The van der Waals surface area contributed by atoms with Gasteiger partial charge in [-0.25, -0.2) is 0 Å². The average molecular weight is 904 g/mol. The number of hydrogen-bond acceptors (Lipinski definition) is 8. The Kier molecular flexibility index (Phi) is 42.3. The van der Waals surface area contributed by atoms with Crippen molar-refractivity contribution in [1.29, 1.82) is 0 Å². The molecule has 0 spiro atoms. The number of carbonyl (C=O) groups is 1. The molecular formula is C55H101NO8. The zero-order valence-electron chi connectivity index (χ0n) is 41.3. The molecule has 7 atom stereocenters. The van der Waals surface area contributed by atoms with Crippen molar-refractivity contribution in [3.05, 3.63) is 48.6 Å². The van der Waals surface area contributed by atoms with Crippen LogP contribution in [0.5, 0.6) is 0 Å². The quantitative estimate of drug-likeness (QED) is 0.0261. The number of carbonyl (C=O) groups excluding carboxylic acids is 1. The van der Waals surface area contributed by atoms with E-state index in [2.05, 4.69) is 55.6 Å². The first-order chi connectivity index (χ1) is 31.3. The maximum atomic E-state index is 13.0. The lowest BCUT2D eigenvalue weighted by molar-refractivity contribution is -0.302. The van der Waals surface area contributed by atoms with Crippen molar-refractivity contribution in [2.45, 2.75) is 281 Å². The lowest BCUT2D eigenvalue weighted by atomic mass is 9.99. The fraction of sp³-hybridized carbons (Fsp3) is 0.836. The molecule has 64 heavy (non-hydrogen) atoms. The van der Waals surface area contributed by atoms with Gasteiger partial charge >= 0.3 is 0 Å². The van der Waals surface area contributed by atoms with E-state index in [-0.39, 0.29) is 12.5 Å². The highest BCUT2D eigenvalue weighted by atomic mass is 16.7. The minimum atomic E-state index is -1.57. The summed E-state index contributed by atoms with van der Waals surface area (Å²) in [6.07, 6.45) is 51.7. The largest absolute Gasteiger partial charge is 0.394 e. The summed E-state index contributed by atoms with van der Waals surface area (Å²) in [7, 11) is 0. The molecule has 0 aromatic carbocycles. The Morgan fingerprint density at radius 3 is 1.41 bits per heavy atom. The summed E-state index contributed by atoms with van der Waals surface area (Å²) in [6, 6.07) is -0.821. The maximum absolute atomic E-state index is 13.0. The van der Waals surface area contributed by atoms with Gasteiger partial charge in [-0.1, -0.05) is 217 Å². The smallest absolute Gasteiger partial charge is 0.220 e. The number of hydrogen-bond donors (Lipinski definition) is 6. The molecule has 0 saturated carbocycles. The van der Waals surface area contributed by atoms with E-state index >= 15 is 0 Å². The van der Waals surface area contributed by atoms with Crippen LogP contribution in [-0.4, -0.2) is 87.5 Å². The average Bonchev–Trinajstić information content (AvgIpc) is 3.29. The molecule has 0 aliphatic carbocycles. The van der Waals surface area contributed by atoms with Crippen LogP contribution in [0, 0.1) is 0 Å². The highest BCUT2D eigenvalue weighted by Gasteiger charge is 2.44. The Morgan fingerprint density at radius 1 is 0.531 bits per heavy atom. The van der Waals surface area contributed by atoms with Gasteiger partial charge in [0.15, 0.2) is 6.29 Å². The molecule has 1 heterocycles. The van der Waals surface area contributed by atoms with E-state index in [4.69, 9.17) is 9.47 Å². The lowest BCUT2D eigenvalue weighted by Crippen LogP contribution is -2.60. The number of aliphatic hydroxyl groups excluding tert-OH is 5. The molecule has 1 saturated heterocycles. The molecule has 6 N–H and O–H groups in total. The van der Waals surface area contributed by atoms with Gasteiger partial charge in [0.25, 0.3) is 0 Å². The second-order valence-corrected chi connectivity index (χ2v) is 18.7. The summed E-state index contributed by atoms with van der Waals surface area (Å²) >= 11 is 0. The number of unbranched alkanes of at least 4 members (excludes halogenated alkanes) is 29. The molecule has 1 aliphatic rings. The van der Waals surface area contributed by atoms with Gasteiger partial charge in [-0.3, -0.25) is 4.79 Å². The lowest BCUT2D eigenvalue weighted by Gasteiger charge is -2.40. The van der Waals surface area contributed by atoms with E-state index < -0.39 is 49.5 Å². The summed E-state index contributed by atoms with van der Waals surface area (Å²) in [5.74, 6) is -0.187. The molecule has 7 unspecified atom stereocenters. The van der Waals surface area contributed by atoms with Gasteiger partial charge in [0.1, 0.15) is 24.4 Å². The number of aliphatic hydroxyl groups is 5. The number of rotatable bonds is 45. The van der Waals surface area contributed by atoms with Crippen LogP contribution in [0.15, 0.2) is 48.6 Å². The Balaban J connectivity index is 2.22. The fourth-order valence-electron chi connectivity index (χ4n) is 8.32. The van der Waals surface area contributed by atoms with Crippen molar-refractivity contribution in [2.75, 3.05) is 13.2 Å². The van der Waals surface area contributed by atoms with Crippen LogP contribution in [-0.2, 0) is 14.3 Å². The van der Waals surface area contributed by atoms with E-state index in [1.807, 2.05) is 6.08 Å². The summed E-state index contributed by atoms with van der Waals surface area (Å²) < 4.78 is 11.2. The molecule has 0 bridgehead atoms. The first kappa shape index (κ1) is 60.2. The third kappa shape index (κ3) is 34.5. The maximum Gasteiger partial charge on any atom is 0.220 e. The highest BCUT2D eigenvalue weighted by molar-refractivity contribution is 5.76. The zero-order valence-corrected chi connectivity index (χ0v) is 41.3. The van der Waals surface area contributed by atoms with E-state index in [0.717, 1.165) is 44.9 Å². The molecule has 1 aliphatic heterocycles. The van der Waals surface area contributed by atoms with Crippen LogP contribution in [0.2, 0.25) is 0 Å². The van der Waals surface area contributed by atoms with Crippen LogP contribution in [0.3, 0.4) is 0 Å². The molecular weight excluding hydrogens is 803 g/mol. The van der Waals surface area contributed by atoms with Gasteiger partial charge in [-0.2, -0.15) is 0 Å². The van der Waals surface area contributed by atoms with Crippen LogP contribution in [0.4, 0.5) is 0 Å². The molecule has 1 amide bonds. The third-order valence-electron chi connectivity index (χ3n) is 12.6. The van der Waals surface area contributed by atoms with E-state index in [1.165, 1.54) is 173 Å². The Morgan fingerprint density at radius 2 is 0.938 bits per heavy atom. The van der Waals surface area contributed by atoms with Gasteiger partial charge in [-0.05, 0) is 64.2 Å². The zero-order chi connectivity index (χ0) is 46.6. The van der Waals surface area contributed by atoms with Crippen molar-refractivity contribution < 1.29 is 39.8 Å². The summed E-state index contributed by atoms with van der Waals surface area (Å²) in [5.41, 5.74) is 0. The first-order valence-corrected chi connectivity index (χ1v) is 26.9. The second-order valence-electron chi connectivity index (χ2n) is 18.7. The molecule has 9 heteroatoms. The van der Waals surface area contributed by atoms with Crippen molar-refractivity contribution in [2.24, 2.45) is 0 Å². The summed E-state index contributed by atoms with van der Waals surface area (Å²) in [6.45, 7) is 3.75. The number of allylic oxidation sites excluding steroid dienone is 7. The van der Waals surface area contributed by atoms with E-state index in [1.54, 1.807) is 6.08 Å². The molecule has 0 aromatic rings. The standard InChI is InChI=1S/C55H101NO8/c1-3-5-7-9-11-13-15-17-19-20-21-22-23-24-25-26-27-28-29-30-31-33-35-37-39-41-43-45-51(59)56-48(47-63-55-54(62)53(61)52(60)50(46-57)64-55)49(58)44-42-40-38-36-34-32-18-16-14-12-10-8-6-4-2/h15,17,20-21,34,36,42,44,48-50,52-55,57-58,60-62H,3-14,16,18-19,22-33,35,37-41,43,45-47H2,1-2H3,(H,56,59)/b17-15-,21-20-,36-34+,44-42+. The summed E-state index contributed by atoms with van der Waals surface area (Å²) in [4.78, 5) is 13.0. The van der Waals surface area contributed by atoms with E-state index in [0.29, 0.717) is 6.42 Å². The third-order valence-corrected chi connectivity index (χ3v) is 12.6. The molecule has 0 aromatic heterocycles. The minimum Gasteiger partial charge on any atom is -0.394 e. The topological polar surface area (TPSA) is 149 Å². The SMILES string of the molecule is CCCCCCC/C=C\C/C=C\CCCCCCCCCCCCCCCCCC(=O)NC(COC1OC(CO)C(O)C(O)C1O)C(O)/C=C/CC/C=C/CCCCCCCCCC. The van der Waals surface area contributed by atoms with Gasteiger partial charge in [0, 0.05) is 6.42 Å². The number of nitrogens with one attached hydrogen (secondary N) is 1. The summed E-state index contributed by atoms with van der Waals surface area (Å²) in [5, 5.41) is 54.3. The Labute approximate surface area is 393 Å². The van der Waals surface area contributed by atoms with Crippen molar-refractivity contribution >= 4 is 5.91 Å². The van der Waals surface area contributed by atoms with Gasteiger partial charge in [0.2, 0.25) is 5.91 Å². The van der Waals surface area contributed by atoms with Crippen LogP contribution in [0.25, 0.3) is 0 Å².